The number of aryl methyl sites for hydroxylation is 1. The number of nitrogens with one attached hydrogen (secondary N) is 2. The molecule has 0 spiro atoms. The summed E-state index contributed by atoms with van der Waals surface area (Å²) < 4.78 is 11.6. The van der Waals surface area contributed by atoms with E-state index in [1.54, 1.807) is 19.2 Å². The molecule has 138 valence electrons. The van der Waals surface area contributed by atoms with Crippen LogP contribution in [0.25, 0.3) is 0 Å². The Morgan fingerprint density at radius 1 is 1.12 bits per heavy atom. The van der Waals surface area contributed by atoms with Crippen LogP contribution >= 0.6 is 0 Å². The number of ether oxygens (including phenoxy) is 2. The van der Waals surface area contributed by atoms with Crippen molar-refractivity contribution in [3.05, 3.63) is 54.1 Å². The molecule has 1 aliphatic rings. The summed E-state index contributed by atoms with van der Waals surface area (Å²) >= 11 is 0. The highest BCUT2D eigenvalue weighted by Gasteiger charge is 2.20. The highest BCUT2D eigenvalue weighted by molar-refractivity contribution is 5.79. The van der Waals surface area contributed by atoms with Gasteiger partial charge in [0.25, 0.3) is 0 Å². The van der Waals surface area contributed by atoms with Crippen molar-refractivity contribution >= 4 is 5.96 Å². The average molecular weight is 355 g/mol. The minimum absolute atomic E-state index is 0.0551. The summed E-state index contributed by atoms with van der Waals surface area (Å²) in [4.78, 5) is 4.24. The lowest BCUT2D eigenvalue weighted by atomic mass is 10.1. The SMILES string of the molecule is CN=C(NCCCc1ccc(O)cc1)NCC1COc2ccccc2O1. The third kappa shape index (κ3) is 5.05. The first-order chi connectivity index (χ1) is 12.7. The van der Waals surface area contributed by atoms with E-state index in [0.29, 0.717) is 18.9 Å². The summed E-state index contributed by atoms with van der Waals surface area (Å²) in [5.41, 5.74) is 1.21. The van der Waals surface area contributed by atoms with Crippen LogP contribution in [0.2, 0.25) is 0 Å². The molecule has 26 heavy (non-hydrogen) atoms. The fraction of sp³-hybridized carbons (Fsp3) is 0.350. The first kappa shape index (κ1) is 17.9. The Bertz CT molecular complexity index is 731. The van der Waals surface area contributed by atoms with Gasteiger partial charge in [0.1, 0.15) is 18.5 Å². The number of para-hydroxylation sites is 2. The van der Waals surface area contributed by atoms with Crippen molar-refractivity contribution in [2.75, 3.05) is 26.7 Å². The van der Waals surface area contributed by atoms with Crippen LogP contribution in [0, 0.1) is 0 Å². The highest BCUT2D eigenvalue weighted by atomic mass is 16.6. The van der Waals surface area contributed by atoms with Crippen LogP contribution in [0.4, 0.5) is 0 Å². The topological polar surface area (TPSA) is 75.1 Å². The summed E-state index contributed by atoms with van der Waals surface area (Å²) in [6, 6.07) is 15.0. The van der Waals surface area contributed by atoms with Gasteiger partial charge in [-0.15, -0.1) is 0 Å². The van der Waals surface area contributed by atoms with E-state index in [1.807, 2.05) is 36.4 Å². The zero-order valence-corrected chi connectivity index (χ0v) is 14.9. The molecule has 0 bridgehead atoms. The zero-order valence-electron chi connectivity index (χ0n) is 14.9. The van der Waals surface area contributed by atoms with Crippen molar-refractivity contribution in [3.8, 4) is 17.2 Å². The van der Waals surface area contributed by atoms with Crippen molar-refractivity contribution in [2.45, 2.75) is 18.9 Å². The predicted octanol–water partition coefficient (Wildman–Crippen LogP) is 2.33. The second kappa shape index (κ2) is 8.99. The Hall–Kier alpha value is -2.89. The first-order valence-electron chi connectivity index (χ1n) is 8.85. The van der Waals surface area contributed by atoms with Gasteiger partial charge in [0.15, 0.2) is 17.5 Å². The quantitative estimate of drug-likeness (QED) is 0.421. The molecule has 0 aromatic heterocycles. The normalized spacial score (nSPS) is 16.2. The van der Waals surface area contributed by atoms with E-state index < -0.39 is 0 Å². The third-order valence-electron chi connectivity index (χ3n) is 4.16. The average Bonchev–Trinajstić information content (AvgIpc) is 2.68. The van der Waals surface area contributed by atoms with Gasteiger partial charge >= 0.3 is 0 Å². The van der Waals surface area contributed by atoms with Crippen molar-refractivity contribution in [2.24, 2.45) is 4.99 Å². The van der Waals surface area contributed by atoms with Crippen LogP contribution in [-0.4, -0.2) is 43.9 Å². The van der Waals surface area contributed by atoms with Crippen LogP contribution in [0.5, 0.6) is 17.2 Å². The smallest absolute Gasteiger partial charge is 0.191 e. The van der Waals surface area contributed by atoms with E-state index in [9.17, 15) is 5.11 Å². The number of benzene rings is 2. The molecule has 2 aromatic carbocycles. The molecule has 0 saturated heterocycles. The molecule has 1 aliphatic heterocycles. The minimum atomic E-state index is -0.0551. The van der Waals surface area contributed by atoms with Gasteiger partial charge in [-0.05, 0) is 42.7 Å². The number of aromatic hydroxyl groups is 1. The molecule has 0 fully saturated rings. The van der Waals surface area contributed by atoms with Gasteiger partial charge < -0.3 is 25.2 Å². The van der Waals surface area contributed by atoms with E-state index >= 15 is 0 Å². The maximum absolute atomic E-state index is 9.30. The molecule has 1 atom stereocenters. The second-order valence-electron chi connectivity index (χ2n) is 6.15. The Kier molecular flexibility index (Phi) is 6.19. The molecule has 0 amide bonds. The molecule has 0 radical (unpaired) electrons. The Morgan fingerprint density at radius 2 is 1.88 bits per heavy atom. The molecule has 3 N–H and O–H groups in total. The number of rotatable bonds is 6. The Morgan fingerprint density at radius 3 is 2.65 bits per heavy atom. The van der Waals surface area contributed by atoms with Crippen molar-refractivity contribution < 1.29 is 14.6 Å². The van der Waals surface area contributed by atoms with Crippen LogP contribution in [0.15, 0.2) is 53.5 Å². The Balaban J connectivity index is 1.36. The molecule has 0 aliphatic carbocycles. The van der Waals surface area contributed by atoms with Gasteiger partial charge in [-0.3, -0.25) is 4.99 Å². The number of aliphatic imine (C=N–C) groups is 1. The second-order valence-corrected chi connectivity index (χ2v) is 6.15. The molecule has 6 nitrogen and oxygen atoms in total. The summed E-state index contributed by atoms with van der Waals surface area (Å²) in [7, 11) is 1.75. The summed E-state index contributed by atoms with van der Waals surface area (Å²) in [6.07, 6.45) is 1.86. The van der Waals surface area contributed by atoms with Crippen molar-refractivity contribution in [1.82, 2.24) is 10.6 Å². The molecule has 3 rings (SSSR count). The standard InChI is InChI=1S/C20H25N3O3/c1-21-20(22-12-4-5-15-8-10-16(24)11-9-15)23-13-17-14-25-18-6-2-3-7-19(18)26-17/h2-3,6-11,17,24H,4-5,12-14H2,1H3,(H2,21,22,23). The van der Waals surface area contributed by atoms with Crippen LogP contribution < -0.4 is 20.1 Å². The lowest BCUT2D eigenvalue weighted by Gasteiger charge is -2.27. The molecule has 2 aromatic rings. The van der Waals surface area contributed by atoms with Gasteiger partial charge in [0.05, 0.1) is 6.54 Å². The van der Waals surface area contributed by atoms with E-state index in [0.717, 1.165) is 36.8 Å². The molecule has 6 heteroatoms. The van der Waals surface area contributed by atoms with Gasteiger partial charge in [-0.25, -0.2) is 0 Å². The van der Waals surface area contributed by atoms with Gasteiger partial charge in [-0.2, -0.15) is 0 Å². The molecule has 1 heterocycles. The van der Waals surface area contributed by atoms with Gasteiger partial charge in [0.2, 0.25) is 0 Å². The first-order valence-corrected chi connectivity index (χ1v) is 8.85. The fourth-order valence-corrected chi connectivity index (χ4v) is 2.76. The van der Waals surface area contributed by atoms with E-state index in [2.05, 4.69) is 15.6 Å². The number of hydrogen-bond donors (Lipinski definition) is 3. The number of fused-ring (bicyclic) bond motifs is 1. The summed E-state index contributed by atoms with van der Waals surface area (Å²) in [5.74, 6) is 2.62. The monoisotopic (exact) mass is 355 g/mol. The van der Waals surface area contributed by atoms with E-state index in [1.165, 1.54) is 5.56 Å². The molecular formula is C20H25N3O3. The van der Waals surface area contributed by atoms with Gasteiger partial charge in [0, 0.05) is 13.6 Å². The van der Waals surface area contributed by atoms with Crippen molar-refractivity contribution in [1.29, 1.82) is 0 Å². The summed E-state index contributed by atoms with van der Waals surface area (Å²) in [6.45, 7) is 1.94. The van der Waals surface area contributed by atoms with Crippen LogP contribution in [0.3, 0.4) is 0 Å². The molecule has 0 saturated carbocycles. The molecular weight excluding hydrogens is 330 g/mol. The lowest BCUT2D eigenvalue weighted by Crippen LogP contribution is -2.45. The fourth-order valence-electron chi connectivity index (χ4n) is 2.76. The van der Waals surface area contributed by atoms with Crippen molar-refractivity contribution in [3.63, 3.8) is 0 Å². The lowest BCUT2D eigenvalue weighted by molar-refractivity contribution is 0.0936. The molecule has 1 unspecified atom stereocenters. The van der Waals surface area contributed by atoms with E-state index in [4.69, 9.17) is 9.47 Å². The number of nitrogens with zero attached hydrogens (tertiary/aromatic N) is 1. The number of guanidine groups is 1. The number of phenolic OH excluding ortho intramolecular Hbond substituents is 1. The highest BCUT2D eigenvalue weighted by Crippen LogP contribution is 2.30. The number of phenols is 1. The van der Waals surface area contributed by atoms with Gasteiger partial charge in [-0.1, -0.05) is 24.3 Å². The predicted molar refractivity (Wildman–Crippen MR) is 102 cm³/mol. The van der Waals surface area contributed by atoms with E-state index in [-0.39, 0.29) is 6.10 Å². The minimum Gasteiger partial charge on any atom is -0.508 e. The van der Waals surface area contributed by atoms with Crippen LogP contribution in [0.1, 0.15) is 12.0 Å². The maximum Gasteiger partial charge on any atom is 0.191 e. The zero-order chi connectivity index (χ0) is 18.2. The Labute approximate surface area is 153 Å². The summed E-state index contributed by atoms with van der Waals surface area (Å²) in [5, 5.41) is 15.9. The third-order valence-corrected chi connectivity index (χ3v) is 4.16. The van der Waals surface area contributed by atoms with Crippen LogP contribution in [-0.2, 0) is 6.42 Å². The maximum atomic E-state index is 9.30. The largest absolute Gasteiger partial charge is 0.508 e. The number of hydrogen-bond acceptors (Lipinski definition) is 4.